The van der Waals surface area contributed by atoms with E-state index in [0.717, 1.165) is 0 Å². The van der Waals surface area contributed by atoms with Crippen molar-refractivity contribution in [2.24, 2.45) is 0 Å². The van der Waals surface area contributed by atoms with Gasteiger partial charge in [0, 0.05) is 5.69 Å². The van der Waals surface area contributed by atoms with Crippen LogP contribution in [0.4, 0.5) is 5.69 Å². The predicted molar refractivity (Wildman–Crippen MR) is 89.5 cm³/mol. The van der Waals surface area contributed by atoms with Crippen LogP contribution in [0.3, 0.4) is 0 Å². The molecule has 2 rings (SSSR count). The average Bonchev–Trinajstić information content (AvgIpc) is 2.62. The van der Waals surface area contributed by atoms with Crippen molar-refractivity contribution in [3.8, 4) is 11.5 Å². The first-order valence-electron chi connectivity index (χ1n) is 7.34. The van der Waals surface area contributed by atoms with Gasteiger partial charge in [0.1, 0.15) is 0 Å². The molecule has 0 aliphatic rings. The summed E-state index contributed by atoms with van der Waals surface area (Å²) in [7, 11) is 2.76. The number of para-hydroxylation sites is 1. The molecule has 0 aliphatic carbocycles. The first kappa shape index (κ1) is 17.3. The minimum atomic E-state index is -0.747. The van der Waals surface area contributed by atoms with E-state index >= 15 is 0 Å². The number of methoxy groups -OCH3 is 2. The van der Waals surface area contributed by atoms with Gasteiger partial charge in [0.05, 0.1) is 19.8 Å². The molecule has 0 fully saturated rings. The lowest BCUT2D eigenvalue weighted by Gasteiger charge is -2.17. The van der Waals surface area contributed by atoms with E-state index < -0.39 is 12.1 Å². The van der Waals surface area contributed by atoms with Gasteiger partial charge in [-0.05, 0) is 37.3 Å². The number of rotatable bonds is 6. The summed E-state index contributed by atoms with van der Waals surface area (Å²) in [4.78, 5) is 23.7. The van der Waals surface area contributed by atoms with Crippen LogP contribution in [0, 0.1) is 0 Å². The Morgan fingerprint density at radius 2 is 1.71 bits per heavy atom. The minimum Gasteiger partial charge on any atom is -0.493 e. The van der Waals surface area contributed by atoms with E-state index in [0.29, 0.717) is 22.7 Å². The standard InChI is InChI=1S/C18H19NO5/c1-12(17(20)19-14-7-5-4-6-8-14)24-15-10-9-13(18(21)23-3)11-16(15)22-2/h4-12H,1-3H3,(H,19,20)/t12-/m1/s1. The molecule has 0 aliphatic heterocycles. The largest absolute Gasteiger partial charge is 0.493 e. The Morgan fingerprint density at radius 1 is 1.00 bits per heavy atom. The van der Waals surface area contributed by atoms with Gasteiger partial charge in [0.2, 0.25) is 0 Å². The number of carbonyl (C=O) groups excluding carboxylic acids is 2. The van der Waals surface area contributed by atoms with Gasteiger partial charge in [-0.1, -0.05) is 18.2 Å². The van der Waals surface area contributed by atoms with E-state index in [4.69, 9.17) is 9.47 Å². The van der Waals surface area contributed by atoms with Gasteiger partial charge in [0.25, 0.3) is 5.91 Å². The molecule has 6 nitrogen and oxygen atoms in total. The average molecular weight is 329 g/mol. The van der Waals surface area contributed by atoms with Crippen molar-refractivity contribution < 1.29 is 23.8 Å². The summed E-state index contributed by atoms with van der Waals surface area (Å²) in [5.41, 5.74) is 1.02. The third-order valence-electron chi connectivity index (χ3n) is 3.30. The zero-order valence-electron chi connectivity index (χ0n) is 13.7. The van der Waals surface area contributed by atoms with Gasteiger partial charge in [-0.2, -0.15) is 0 Å². The Bertz CT molecular complexity index is 715. The number of benzene rings is 2. The monoisotopic (exact) mass is 329 g/mol. The lowest BCUT2D eigenvalue weighted by molar-refractivity contribution is -0.122. The summed E-state index contributed by atoms with van der Waals surface area (Å²) in [6.45, 7) is 1.63. The van der Waals surface area contributed by atoms with Crippen molar-refractivity contribution in [2.75, 3.05) is 19.5 Å². The van der Waals surface area contributed by atoms with Crippen LogP contribution in [0.1, 0.15) is 17.3 Å². The molecule has 126 valence electrons. The number of ether oxygens (including phenoxy) is 3. The molecule has 0 bridgehead atoms. The molecular formula is C18H19NO5. The highest BCUT2D eigenvalue weighted by molar-refractivity contribution is 5.94. The van der Waals surface area contributed by atoms with E-state index in [9.17, 15) is 9.59 Å². The Balaban J connectivity index is 2.09. The quantitative estimate of drug-likeness (QED) is 0.825. The van der Waals surface area contributed by atoms with Crippen LogP contribution in [0.5, 0.6) is 11.5 Å². The molecule has 0 spiro atoms. The Morgan fingerprint density at radius 3 is 2.33 bits per heavy atom. The van der Waals surface area contributed by atoms with Crippen LogP contribution in [0.25, 0.3) is 0 Å². The van der Waals surface area contributed by atoms with Gasteiger partial charge < -0.3 is 19.5 Å². The third kappa shape index (κ3) is 4.25. The maximum absolute atomic E-state index is 12.2. The summed E-state index contributed by atoms with van der Waals surface area (Å²) < 4.78 is 15.5. The van der Waals surface area contributed by atoms with Gasteiger partial charge in [-0.25, -0.2) is 4.79 Å². The molecule has 1 amide bonds. The number of hydrogen-bond acceptors (Lipinski definition) is 5. The Kier molecular flexibility index (Phi) is 5.78. The van der Waals surface area contributed by atoms with Crippen LogP contribution < -0.4 is 14.8 Å². The fourth-order valence-corrected chi connectivity index (χ4v) is 2.02. The van der Waals surface area contributed by atoms with E-state index in [1.54, 1.807) is 31.2 Å². The lowest BCUT2D eigenvalue weighted by atomic mass is 10.2. The Labute approximate surface area is 140 Å². The van der Waals surface area contributed by atoms with Crippen LogP contribution in [0.2, 0.25) is 0 Å². The first-order valence-corrected chi connectivity index (χ1v) is 7.34. The molecule has 0 aromatic heterocycles. The highest BCUT2D eigenvalue weighted by Gasteiger charge is 2.18. The summed E-state index contributed by atoms with van der Waals surface area (Å²) >= 11 is 0. The van der Waals surface area contributed by atoms with E-state index in [1.165, 1.54) is 20.3 Å². The zero-order valence-corrected chi connectivity index (χ0v) is 13.7. The molecule has 6 heteroatoms. The highest BCUT2D eigenvalue weighted by Crippen LogP contribution is 2.29. The number of nitrogens with one attached hydrogen (secondary N) is 1. The maximum Gasteiger partial charge on any atom is 0.337 e. The van der Waals surface area contributed by atoms with Crippen molar-refractivity contribution >= 4 is 17.6 Å². The van der Waals surface area contributed by atoms with Crippen molar-refractivity contribution in [1.29, 1.82) is 0 Å². The molecule has 1 N–H and O–H groups in total. The number of amides is 1. The SMILES string of the molecule is COC(=O)c1ccc(O[C@H](C)C(=O)Nc2ccccc2)c(OC)c1. The van der Waals surface area contributed by atoms with Crippen molar-refractivity contribution in [1.82, 2.24) is 0 Å². The molecule has 2 aromatic carbocycles. The van der Waals surface area contributed by atoms with E-state index in [-0.39, 0.29) is 5.91 Å². The second-order valence-electron chi connectivity index (χ2n) is 4.97. The highest BCUT2D eigenvalue weighted by atomic mass is 16.5. The van der Waals surface area contributed by atoms with Crippen molar-refractivity contribution in [3.05, 3.63) is 54.1 Å². The number of esters is 1. The van der Waals surface area contributed by atoms with E-state index in [2.05, 4.69) is 10.1 Å². The molecular weight excluding hydrogens is 310 g/mol. The topological polar surface area (TPSA) is 73.9 Å². The first-order chi connectivity index (χ1) is 11.5. The van der Waals surface area contributed by atoms with Gasteiger partial charge >= 0.3 is 5.97 Å². The molecule has 24 heavy (non-hydrogen) atoms. The lowest BCUT2D eigenvalue weighted by Crippen LogP contribution is -2.30. The fourth-order valence-electron chi connectivity index (χ4n) is 2.02. The van der Waals surface area contributed by atoms with Crippen molar-refractivity contribution in [2.45, 2.75) is 13.0 Å². The smallest absolute Gasteiger partial charge is 0.337 e. The molecule has 0 radical (unpaired) electrons. The number of carbonyl (C=O) groups is 2. The number of hydrogen-bond donors (Lipinski definition) is 1. The summed E-state index contributed by atoms with van der Waals surface area (Å²) in [6.07, 6.45) is -0.747. The van der Waals surface area contributed by atoms with Gasteiger partial charge in [-0.3, -0.25) is 4.79 Å². The maximum atomic E-state index is 12.2. The van der Waals surface area contributed by atoms with Gasteiger partial charge in [0.15, 0.2) is 17.6 Å². The second-order valence-corrected chi connectivity index (χ2v) is 4.97. The minimum absolute atomic E-state index is 0.291. The predicted octanol–water partition coefficient (Wildman–Crippen LogP) is 2.89. The molecule has 1 atom stereocenters. The van der Waals surface area contributed by atoms with Crippen molar-refractivity contribution in [3.63, 3.8) is 0 Å². The fraction of sp³-hybridized carbons (Fsp3) is 0.222. The summed E-state index contributed by atoms with van der Waals surface area (Å²) in [5, 5.41) is 2.76. The second kappa shape index (κ2) is 8.01. The third-order valence-corrected chi connectivity index (χ3v) is 3.30. The Hall–Kier alpha value is -3.02. The normalized spacial score (nSPS) is 11.3. The molecule has 0 saturated carbocycles. The molecule has 0 unspecified atom stereocenters. The summed E-state index contributed by atoms with van der Waals surface area (Å²) in [5.74, 6) is -0.0619. The van der Waals surface area contributed by atoms with Crippen LogP contribution in [0.15, 0.2) is 48.5 Å². The van der Waals surface area contributed by atoms with Crippen LogP contribution >= 0.6 is 0 Å². The molecule has 2 aromatic rings. The number of anilines is 1. The van der Waals surface area contributed by atoms with Crippen LogP contribution in [-0.2, 0) is 9.53 Å². The van der Waals surface area contributed by atoms with Gasteiger partial charge in [-0.15, -0.1) is 0 Å². The summed E-state index contributed by atoms with van der Waals surface area (Å²) in [6, 6.07) is 13.7. The molecule has 0 heterocycles. The van der Waals surface area contributed by atoms with Crippen LogP contribution in [-0.4, -0.2) is 32.2 Å². The van der Waals surface area contributed by atoms with E-state index in [1.807, 2.05) is 18.2 Å². The zero-order chi connectivity index (χ0) is 17.5. The molecule has 0 saturated heterocycles.